The lowest BCUT2D eigenvalue weighted by atomic mass is 9.83. The molecule has 12 aromatic rings. The molecule has 12 rings (SSSR count). The molecule has 2 aromatic heterocycles. The Morgan fingerprint density at radius 1 is 0.304 bits per heavy atom. The summed E-state index contributed by atoms with van der Waals surface area (Å²) in [6.45, 7) is 0. The number of furan rings is 1. The minimum absolute atomic E-state index is 0.895. The molecule has 2 heteroatoms. The molecule has 0 radical (unpaired) electrons. The third-order valence-electron chi connectivity index (χ3n) is 11.7. The minimum atomic E-state index is 0.895. The summed E-state index contributed by atoms with van der Waals surface area (Å²) in [5.74, 6) is 0. The molecule has 0 atom stereocenters. The lowest BCUT2D eigenvalue weighted by Gasteiger charge is -2.20. The molecule has 0 saturated carbocycles. The Labute approximate surface area is 327 Å². The SMILES string of the molecule is c1ccc(-c2c3ccccc3c(-c3ccc4oc5cccc(-c6ccc7ccccc7c6)c5c4c3)c3ccccc23)c(-c2ccc3sc4ccccc4c3c2)c1. The van der Waals surface area contributed by atoms with E-state index in [9.17, 15) is 0 Å². The van der Waals surface area contributed by atoms with Gasteiger partial charge in [0, 0.05) is 30.9 Å². The summed E-state index contributed by atoms with van der Waals surface area (Å²) in [4.78, 5) is 0. The van der Waals surface area contributed by atoms with Gasteiger partial charge in [-0.15, -0.1) is 11.3 Å². The zero-order valence-electron chi connectivity index (χ0n) is 30.3. The van der Waals surface area contributed by atoms with Gasteiger partial charge in [0.15, 0.2) is 0 Å². The summed E-state index contributed by atoms with van der Waals surface area (Å²) in [6, 6.07) is 71.1. The molecule has 0 saturated heterocycles. The second-order valence-electron chi connectivity index (χ2n) is 14.7. The summed E-state index contributed by atoms with van der Waals surface area (Å²) in [7, 11) is 0. The molecule has 0 amide bonds. The van der Waals surface area contributed by atoms with Crippen LogP contribution in [0.5, 0.6) is 0 Å². The maximum atomic E-state index is 6.55. The third-order valence-corrected chi connectivity index (χ3v) is 12.8. The fourth-order valence-corrected chi connectivity index (χ4v) is 10.2. The Balaban J connectivity index is 1.09. The van der Waals surface area contributed by atoms with E-state index in [0.717, 1.165) is 21.9 Å². The van der Waals surface area contributed by atoms with Crippen LogP contribution >= 0.6 is 11.3 Å². The topological polar surface area (TPSA) is 13.1 Å². The summed E-state index contributed by atoms with van der Waals surface area (Å²) in [5, 5.41) is 12.3. The maximum absolute atomic E-state index is 6.55. The van der Waals surface area contributed by atoms with Gasteiger partial charge in [-0.05, 0) is 119 Å². The van der Waals surface area contributed by atoms with Crippen LogP contribution in [0.2, 0.25) is 0 Å². The highest BCUT2D eigenvalue weighted by atomic mass is 32.1. The average molecular weight is 729 g/mol. The van der Waals surface area contributed by atoms with Gasteiger partial charge in [0.25, 0.3) is 0 Å². The standard InChI is InChI=1S/C54H32OS/c1-2-13-34-30-35(25-24-33(34)12-1)39-21-11-22-49-54(39)47-32-37(26-28-48(47)55-49)52-42-17-5-7-19-44(42)53(45-20-8-6-18-43(45)52)41-16-4-3-14-38(41)36-27-29-51-46(31-36)40-15-9-10-23-50(40)56-51/h1-32H. The van der Waals surface area contributed by atoms with Crippen molar-refractivity contribution < 1.29 is 4.42 Å². The second-order valence-corrected chi connectivity index (χ2v) is 15.8. The molecule has 0 spiro atoms. The Morgan fingerprint density at radius 3 is 1.68 bits per heavy atom. The van der Waals surface area contributed by atoms with Crippen LogP contribution in [-0.2, 0) is 0 Å². The van der Waals surface area contributed by atoms with E-state index >= 15 is 0 Å². The van der Waals surface area contributed by atoms with E-state index in [1.165, 1.54) is 97.0 Å². The van der Waals surface area contributed by atoms with Crippen LogP contribution in [0.25, 0.3) is 119 Å². The lowest BCUT2D eigenvalue weighted by molar-refractivity contribution is 0.669. The first kappa shape index (κ1) is 31.4. The van der Waals surface area contributed by atoms with Gasteiger partial charge in [0.2, 0.25) is 0 Å². The highest BCUT2D eigenvalue weighted by Gasteiger charge is 2.21. The molecule has 260 valence electrons. The Bertz CT molecular complexity index is 3490. The Morgan fingerprint density at radius 2 is 0.875 bits per heavy atom. The van der Waals surface area contributed by atoms with Gasteiger partial charge in [0.05, 0.1) is 0 Å². The van der Waals surface area contributed by atoms with Crippen molar-refractivity contribution in [3.05, 3.63) is 194 Å². The van der Waals surface area contributed by atoms with Crippen LogP contribution in [-0.4, -0.2) is 0 Å². The molecular weight excluding hydrogens is 697 g/mol. The molecular formula is C54H32OS. The van der Waals surface area contributed by atoms with Gasteiger partial charge in [-0.2, -0.15) is 0 Å². The van der Waals surface area contributed by atoms with E-state index in [-0.39, 0.29) is 0 Å². The molecule has 10 aromatic carbocycles. The van der Waals surface area contributed by atoms with Gasteiger partial charge in [-0.1, -0.05) is 152 Å². The number of hydrogen-bond donors (Lipinski definition) is 0. The van der Waals surface area contributed by atoms with Gasteiger partial charge >= 0.3 is 0 Å². The highest BCUT2D eigenvalue weighted by Crippen LogP contribution is 2.48. The second kappa shape index (κ2) is 12.3. The van der Waals surface area contributed by atoms with Crippen molar-refractivity contribution in [3.63, 3.8) is 0 Å². The number of benzene rings is 10. The minimum Gasteiger partial charge on any atom is -0.456 e. The van der Waals surface area contributed by atoms with Crippen molar-refractivity contribution in [2.45, 2.75) is 0 Å². The smallest absolute Gasteiger partial charge is 0.136 e. The molecule has 56 heavy (non-hydrogen) atoms. The van der Waals surface area contributed by atoms with Crippen molar-refractivity contribution in [1.82, 2.24) is 0 Å². The van der Waals surface area contributed by atoms with Gasteiger partial charge in [-0.3, -0.25) is 0 Å². The molecule has 2 heterocycles. The van der Waals surface area contributed by atoms with Gasteiger partial charge < -0.3 is 4.42 Å². The molecule has 0 aliphatic rings. The van der Waals surface area contributed by atoms with Crippen molar-refractivity contribution in [2.24, 2.45) is 0 Å². The first-order valence-electron chi connectivity index (χ1n) is 19.2. The quantitative estimate of drug-likeness (QED) is 0.165. The van der Waals surface area contributed by atoms with E-state index in [1.54, 1.807) is 0 Å². The zero-order chi connectivity index (χ0) is 36.7. The van der Waals surface area contributed by atoms with E-state index in [1.807, 2.05) is 11.3 Å². The van der Waals surface area contributed by atoms with E-state index in [4.69, 9.17) is 4.42 Å². The molecule has 0 unspecified atom stereocenters. The predicted molar refractivity (Wildman–Crippen MR) is 241 cm³/mol. The van der Waals surface area contributed by atoms with Crippen LogP contribution in [0.4, 0.5) is 0 Å². The normalized spacial score (nSPS) is 11.9. The summed E-state index contributed by atoms with van der Waals surface area (Å²) >= 11 is 1.86. The van der Waals surface area contributed by atoms with Crippen molar-refractivity contribution in [2.75, 3.05) is 0 Å². The highest BCUT2D eigenvalue weighted by molar-refractivity contribution is 7.25. The third kappa shape index (κ3) is 4.73. The van der Waals surface area contributed by atoms with E-state index in [0.29, 0.717) is 0 Å². The van der Waals surface area contributed by atoms with Crippen molar-refractivity contribution in [3.8, 4) is 44.5 Å². The number of rotatable bonds is 4. The van der Waals surface area contributed by atoms with E-state index in [2.05, 4.69) is 194 Å². The van der Waals surface area contributed by atoms with Crippen molar-refractivity contribution in [1.29, 1.82) is 0 Å². The Hall–Kier alpha value is -7.00. The van der Waals surface area contributed by atoms with Crippen LogP contribution < -0.4 is 0 Å². The Kier molecular flexibility index (Phi) is 6.87. The number of fused-ring (bicyclic) bond motifs is 9. The van der Waals surface area contributed by atoms with Crippen LogP contribution in [0.1, 0.15) is 0 Å². The van der Waals surface area contributed by atoms with Crippen molar-refractivity contribution >= 4 is 85.8 Å². The molecule has 1 nitrogen and oxygen atoms in total. The molecule has 0 N–H and O–H groups in total. The van der Waals surface area contributed by atoms with Crippen LogP contribution in [0.15, 0.2) is 199 Å². The first-order chi connectivity index (χ1) is 27.8. The van der Waals surface area contributed by atoms with Crippen LogP contribution in [0.3, 0.4) is 0 Å². The van der Waals surface area contributed by atoms with Gasteiger partial charge in [0.1, 0.15) is 11.2 Å². The molecule has 0 aliphatic carbocycles. The summed E-state index contributed by atoms with van der Waals surface area (Å²) in [6.07, 6.45) is 0. The number of thiophene rings is 1. The summed E-state index contributed by atoms with van der Waals surface area (Å²) in [5.41, 5.74) is 11.5. The summed E-state index contributed by atoms with van der Waals surface area (Å²) < 4.78 is 9.19. The van der Waals surface area contributed by atoms with Crippen LogP contribution in [0, 0.1) is 0 Å². The van der Waals surface area contributed by atoms with Gasteiger partial charge in [-0.25, -0.2) is 0 Å². The first-order valence-corrected chi connectivity index (χ1v) is 20.0. The average Bonchev–Trinajstić information content (AvgIpc) is 3.83. The molecule has 0 bridgehead atoms. The zero-order valence-corrected chi connectivity index (χ0v) is 31.1. The number of hydrogen-bond acceptors (Lipinski definition) is 2. The monoisotopic (exact) mass is 728 g/mol. The lowest BCUT2D eigenvalue weighted by Crippen LogP contribution is -1.92. The molecule has 0 fully saturated rings. The fourth-order valence-electron chi connectivity index (χ4n) is 9.16. The fraction of sp³-hybridized carbons (Fsp3) is 0. The largest absolute Gasteiger partial charge is 0.456 e. The van der Waals surface area contributed by atoms with E-state index < -0.39 is 0 Å². The molecule has 0 aliphatic heterocycles. The maximum Gasteiger partial charge on any atom is 0.136 e. The predicted octanol–water partition coefficient (Wildman–Crippen LogP) is 16.1.